The van der Waals surface area contributed by atoms with Crippen LogP contribution in [0.5, 0.6) is 0 Å². The molecular weight excluding hydrogens is 424 g/mol. The first-order valence-electron chi connectivity index (χ1n) is 10.2. The highest BCUT2D eigenvalue weighted by atomic mass is 32.2. The summed E-state index contributed by atoms with van der Waals surface area (Å²) in [6.07, 6.45) is 0.815. The Morgan fingerprint density at radius 1 is 1.13 bits per heavy atom. The van der Waals surface area contributed by atoms with Crippen molar-refractivity contribution in [3.05, 3.63) is 39.9 Å². The van der Waals surface area contributed by atoms with Crippen LogP contribution in [0.25, 0.3) is 0 Å². The fraction of sp³-hybridized carbons (Fsp3) is 0.667. The van der Waals surface area contributed by atoms with Crippen LogP contribution >= 0.6 is 0 Å². The summed E-state index contributed by atoms with van der Waals surface area (Å²) < 4.78 is 34.7. The van der Waals surface area contributed by atoms with Gasteiger partial charge < -0.3 is 10.1 Å². The summed E-state index contributed by atoms with van der Waals surface area (Å²) in [6.45, 7) is 10.0. The third-order valence-corrected chi connectivity index (χ3v) is 5.78. The smallest absolute Gasteiger partial charge is 0.407 e. The molecule has 0 radical (unpaired) electrons. The number of nitro groups is 1. The maximum Gasteiger partial charge on any atom is 0.407 e. The third-order valence-electron chi connectivity index (χ3n) is 4.46. The number of benzene rings is 1. The van der Waals surface area contributed by atoms with E-state index in [0.717, 1.165) is 5.56 Å². The molecule has 0 aliphatic carbocycles. The van der Waals surface area contributed by atoms with E-state index in [4.69, 9.17) is 8.92 Å². The molecule has 0 unspecified atom stereocenters. The molecule has 0 spiro atoms. The Kier molecular flexibility index (Phi) is 9.44. The summed E-state index contributed by atoms with van der Waals surface area (Å²) in [5.74, 6) is 0. The number of ether oxygens (including phenoxy) is 1. The van der Waals surface area contributed by atoms with Gasteiger partial charge in [-0.05, 0) is 59.1 Å². The molecule has 0 heterocycles. The largest absolute Gasteiger partial charge is 0.444 e. The molecule has 0 aromatic heterocycles. The van der Waals surface area contributed by atoms with Crippen LogP contribution in [0.15, 0.2) is 29.2 Å². The first-order chi connectivity index (χ1) is 14.1. The van der Waals surface area contributed by atoms with E-state index in [1.165, 1.54) is 26.0 Å². The number of hydrogen-bond acceptors (Lipinski definition) is 7. The standard InChI is InChI=1S/C21H34N2O7S/c1-16-10-12-18(13-11-16)31(27,28)29-14-8-7-9-17(15-21(5,6)23(25)26)22-19(24)30-20(2,3)4/h10-13,17H,7-9,14-15H2,1-6H3,(H,22,24)/t17-/m1/s1. The van der Waals surface area contributed by atoms with Crippen LogP contribution in [-0.4, -0.2) is 43.2 Å². The molecule has 9 nitrogen and oxygen atoms in total. The topological polar surface area (TPSA) is 125 Å². The van der Waals surface area contributed by atoms with Gasteiger partial charge in [-0.2, -0.15) is 8.42 Å². The summed E-state index contributed by atoms with van der Waals surface area (Å²) in [6, 6.07) is 5.88. The predicted octanol–water partition coefficient (Wildman–Crippen LogP) is 4.21. The molecule has 0 saturated carbocycles. The number of nitrogens with zero attached hydrogens (tertiary/aromatic N) is 1. The third kappa shape index (κ3) is 10.1. The Hall–Kier alpha value is -2.20. The SMILES string of the molecule is Cc1ccc(S(=O)(=O)OCCCC[C@H](CC(C)(C)[N+](=O)[O-])NC(=O)OC(C)(C)C)cc1. The number of hydrogen-bond donors (Lipinski definition) is 1. The second-order valence-electron chi connectivity index (χ2n) is 9.20. The quantitative estimate of drug-likeness (QED) is 0.228. The Bertz CT molecular complexity index is 843. The summed E-state index contributed by atoms with van der Waals surface area (Å²) in [5, 5.41) is 14.0. The van der Waals surface area contributed by atoms with E-state index in [9.17, 15) is 23.3 Å². The van der Waals surface area contributed by atoms with Crippen LogP contribution < -0.4 is 5.32 Å². The second-order valence-corrected chi connectivity index (χ2v) is 10.8. The Balaban J connectivity index is 2.62. The van der Waals surface area contributed by atoms with Crippen molar-refractivity contribution in [2.75, 3.05) is 6.61 Å². The summed E-state index contributed by atoms with van der Waals surface area (Å²) in [4.78, 5) is 23.1. The van der Waals surface area contributed by atoms with Gasteiger partial charge in [0.1, 0.15) is 5.60 Å². The number of unbranched alkanes of at least 4 members (excludes halogenated alkanes) is 1. The lowest BCUT2D eigenvalue weighted by atomic mass is 9.93. The van der Waals surface area contributed by atoms with Gasteiger partial charge in [-0.15, -0.1) is 0 Å². The van der Waals surface area contributed by atoms with Crippen molar-refractivity contribution in [1.29, 1.82) is 0 Å². The van der Waals surface area contributed by atoms with Gasteiger partial charge in [0.05, 0.1) is 11.5 Å². The molecule has 31 heavy (non-hydrogen) atoms. The van der Waals surface area contributed by atoms with Gasteiger partial charge in [-0.3, -0.25) is 14.3 Å². The van der Waals surface area contributed by atoms with Crippen LogP contribution in [0.2, 0.25) is 0 Å². The molecule has 1 N–H and O–H groups in total. The number of carbonyl (C=O) groups is 1. The van der Waals surface area contributed by atoms with Crippen LogP contribution in [0.3, 0.4) is 0 Å². The maximum absolute atomic E-state index is 12.2. The lowest BCUT2D eigenvalue weighted by molar-refractivity contribution is -0.562. The normalized spacial score (nSPS) is 13.5. The molecule has 0 aliphatic rings. The zero-order valence-corrected chi connectivity index (χ0v) is 20.0. The fourth-order valence-electron chi connectivity index (χ4n) is 2.81. The minimum Gasteiger partial charge on any atom is -0.444 e. The summed E-state index contributed by atoms with van der Waals surface area (Å²) in [7, 11) is -3.84. The highest BCUT2D eigenvalue weighted by molar-refractivity contribution is 7.86. The van der Waals surface area contributed by atoms with Crippen molar-refractivity contribution in [2.45, 2.75) is 89.3 Å². The fourth-order valence-corrected chi connectivity index (χ4v) is 3.75. The van der Waals surface area contributed by atoms with Crippen LogP contribution in [0, 0.1) is 17.0 Å². The Morgan fingerprint density at radius 3 is 2.23 bits per heavy atom. The van der Waals surface area contributed by atoms with E-state index >= 15 is 0 Å². The van der Waals surface area contributed by atoms with Crippen molar-refractivity contribution < 1.29 is 27.1 Å². The molecule has 1 amide bonds. The monoisotopic (exact) mass is 458 g/mol. The molecule has 0 aliphatic heterocycles. The van der Waals surface area contributed by atoms with E-state index < -0.39 is 33.4 Å². The summed E-state index contributed by atoms with van der Waals surface area (Å²) in [5.41, 5.74) is -0.976. The minimum atomic E-state index is -3.84. The number of rotatable bonds is 11. The molecule has 1 atom stereocenters. The van der Waals surface area contributed by atoms with Crippen molar-refractivity contribution in [1.82, 2.24) is 5.32 Å². The van der Waals surface area contributed by atoms with E-state index in [2.05, 4.69) is 5.32 Å². The molecular formula is C21H34N2O7S. The average molecular weight is 459 g/mol. The van der Waals surface area contributed by atoms with Gasteiger partial charge in [0.2, 0.25) is 5.54 Å². The first kappa shape index (κ1) is 26.8. The van der Waals surface area contributed by atoms with Crippen molar-refractivity contribution in [3.63, 3.8) is 0 Å². The lowest BCUT2D eigenvalue weighted by Crippen LogP contribution is -2.45. The molecule has 1 aromatic carbocycles. The van der Waals surface area contributed by atoms with Crippen LogP contribution in [0.4, 0.5) is 4.79 Å². The first-order valence-corrected chi connectivity index (χ1v) is 11.6. The molecule has 1 rings (SSSR count). The lowest BCUT2D eigenvalue weighted by Gasteiger charge is -2.26. The molecule has 0 fully saturated rings. The molecule has 10 heteroatoms. The number of amides is 1. The average Bonchev–Trinajstić information content (AvgIpc) is 2.59. The van der Waals surface area contributed by atoms with Crippen LogP contribution in [0.1, 0.15) is 65.9 Å². The maximum atomic E-state index is 12.2. The number of aryl methyl sites for hydroxylation is 1. The molecule has 0 bridgehead atoms. The number of carbonyl (C=O) groups excluding carboxylic acids is 1. The second kappa shape index (κ2) is 10.9. The number of nitrogens with one attached hydrogen (secondary N) is 1. The van der Waals surface area contributed by atoms with E-state index in [1.807, 2.05) is 6.92 Å². The zero-order chi connectivity index (χ0) is 23.9. The van der Waals surface area contributed by atoms with Crippen molar-refractivity contribution in [2.24, 2.45) is 0 Å². The van der Waals surface area contributed by atoms with Gasteiger partial charge in [0.25, 0.3) is 10.1 Å². The highest BCUT2D eigenvalue weighted by Gasteiger charge is 2.35. The van der Waals surface area contributed by atoms with Gasteiger partial charge >= 0.3 is 6.09 Å². The molecule has 1 aromatic rings. The number of alkyl carbamates (subject to hydrolysis) is 1. The summed E-state index contributed by atoms with van der Waals surface area (Å²) >= 11 is 0. The van der Waals surface area contributed by atoms with Gasteiger partial charge in [0.15, 0.2) is 0 Å². The minimum absolute atomic E-state index is 0.0198. The van der Waals surface area contributed by atoms with Crippen molar-refractivity contribution in [3.8, 4) is 0 Å². The van der Waals surface area contributed by atoms with Crippen molar-refractivity contribution >= 4 is 16.2 Å². The van der Waals surface area contributed by atoms with Crippen LogP contribution in [-0.2, 0) is 19.0 Å². The van der Waals surface area contributed by atoms with Gasteiger partial charge in [0, 0.05) is 31.2 Å². The van der Waals surface area contributed by atoms with Gasteiger partial charge in [-0.25, -0.2) is 4.79 Å². The van der Waals surface area contributed by atoms with E-state index in [-0.39, 0.29) is 22.8 Å². The van der Waals surface area contributed by atoms with E-state index in [0.29, 0.717) is 19.3 Å². The molecule has 176 valence electrons. The Morgan fingerprint density at radius 2 is 1.71 bits per heavy atom. The Labute approximate surface area is 184 Å². The van der Waals surface area contributed by atoms with E-state index in [1.54, 1.807) is 32.9 Å². The highest BCUT2D eigenvalue weighted by Crippen LogP contribution is 2.20. The molecule has 0 saturated heterocycles. The van der Waals surface area contributed by atoms with Gasteiger partial charge in [-0.1, -0.05) is 17.7 Å². The predicted molar refractivity (Wildman–Crippen MR) is 117 cm³/mol. The zero-order valence-electron chi connectivity index (χ0n) is 19.1.